The van der Waals surface area contributed by atoms with Crippen molar-refractivity contribution in [3.05, 3.63) is 29.8 Å². The minimum Gasteiger partial charge on any atom is -0.372 e. The maximum Gasteiger partial charge on any atom is 0.0366 e. The molecule has 0 bridgehead atoms. The fourth-order valence-electron chi connectivity index (χ4n) is 2.21. The van der Waals surface area contributed by atoms with Gasteiger partial charge in [0.2, 0.25) is 0 Å². The van der Waals surface area contributed by atoms with Gasteiger partial charge in [0.25, 0.3) is 0 Å². The van der Waals surface area contributed by atoms with Crippen molar-refractivity contribution in [3.63, 3.8) is 0 Å². The van der Waals surface area contributed by atoms with Crippen molar-refractivity contribution in [2.75, 3.05) is 24.5 Å². The van der Waals surface area contributed by atoms with Crippen LogP contribution in [0.3, 0.4) is 0 Å². The number of benzene rings is 1. The van der Waals surface area contributed by atoms with Crippen molar-refractivity contribution in [2.45, 2.75) is 32.7 Å². The molecule has 1 N–H and O–H groups in total. The molecule has 0 saturated carbocycles. The van der Waals surface area contributed by atoms with Crippen molar-refractivity contribution in [1.29, 1.82) is 0 Å². The van der Waals surface area contributed by atoms with Crippen LogP contribution in [-0.4, -0.2) is 19.6 Å². The lowest BCUT2D eigenvalue weighted by molar-refractivity contribution is 0.675. The predicted molar refractivity (Wildman–Crippen MR) is 69.9 cm³/mol. The first-order valence-electron chi connectivity index (χ1n) is 6.45. The summed E-state index contributed by atoms with van der Waals surface area (Å²) in [6.45, 7) is 6.76. The van der Waals surface area contributed by atoms with Gasteiger partial charge < -0.3 is 10.2 Å². The molecule has 1 heterocycles. The second-order valence-corrected chi connectivity index (χ2v) is 4.54. The van der Waals surface area contributed by atoms with E-state index in [-0.39, 0.29) is 0 Å². The Labute approximate surface area is 98.7 Å². The molecule has 88 valence electrons. The van der Waals surface area contributed by atoms with Crippen LogP contribution in [0.15, 0.2) is 24.3 Å². The Bertz CT molecular complexity index is 299. The van der Waals surface area contributed by atoms with Gasteiger partial charge in [0.15, 0.2) is 0 Å². The largest absolute Gasteiger partial charge is 0.372 e. The highest BCUT2D eigenvalue weighted by Crippen LogP contribution is 2.20. The van der Waals surface area contributed by atoms with Crippen LogP contribution in [-0.2, 0) is 6.54 Å². The predicted octanol–water partition coefficient (Wildman–Crippen LogP) is 2.79. The van der Waals surface area contributed by atoms with Gasteiger partial charge in [0, 0.05) is 25.3 Å². The molecule has 1 aliphatic heterocycles. The van der Waals surface area contributed by atoms with E-state index in [0.717, 1.165) is 13.1 Å². The normalized spacial score (nSPS) is 15.7. The van der Waals surface area contributed by atoms with E-state index in [2.05, 4.69) is 41.4 Å². The quantitative estimate of drug-likeness (QED) is 0.765. The molecule has 0 radical (unpaired) electrons. The molecule has 0 spiro atoms. The molecule has 1 aromatic rings. The molecule has 1 saturated heterocycles. The zero-order chi connectivity index (χ0) is 11.2. The van der Waals surface area contributed by atoms with E-state index in [1.54, 1.807) is 0 Å². The van der Waals surface area contributed by atoms with Crippen LogP contribution >= 0.6 is 0 Å². The average molecular weight is 218 g/mol. The first kappa shape index (κ1) is 11.5. The lowest BCUT2D eigenvalue weighted by Crippen LogP contribution is -2.18. The van der Waals surface area contributed by atoms with E-state index >= 15 is 0 Å². The topological polar surface area (TPSA) is 15.3 Å². The van der Waals surface area contributed by atoms with E-state index in [1.807, 2.05) is 0 Å². The summed E-state index contributed by atoms with van der Waals surface area (Å²) in [7, 11) is 0. The molecule has 1 aliphatic rings. The molecule has 0 unspecified atom stereocenters. The molecule has 16 heavy (non-hydrogen) atoms. The fourth-order valence-corrected chi connectivity index (χ4v) is 2.21. The number of nitrogens with one attached hydrogen (secondary N) is 1. The summed E-state index contributed by atoms with van der Waals surface area (Å²) in [6, 6.07) is 9.01. The summed E-state index contributed by atoms with van der Waals surface area (Å²) in [5.41, 5.74) is 2.77. The lowest BCUT2D eigenvalue weighted by atomic mass is 10.2. The average Bonchev–Trinajstić information content (AvgIpc) is 2.84. The van der Waals surface area contributed by atoms with Crippen molar-refractivity contribution < 1.29 is 0 Å². The van der Waals surface area contributed by atoms with Gasteiger partial charge in [-0.3, -0.25) is 0 Å². The minimum atomic E-state index is 0.994. The van der Waals surface area contributed by atoms with Crippen LogP contribution < -0.4 is 10.2 Å². The zero-order valence-corrected chi connectivity index (χ0v) is 10.2. The van der Waals surface area contributed by atoms with Crippen LogP contribution in [0.1, 0.15) is 31.7 Å². The highest BCUT2D eigenvalue weighted by Gasteiger charge is 2.11. The highest BCUT2D eigenvalue weighted by atomic mass is 15.1. The van der Waals surface area contributed by atoms with Gasteiger partial charge >= 0.3 is 0 Å². The Hall–Kier alpha value is -1.02. The second-order valence-electron chi connectivity index (χ2n) is 4.54. The second kappa shape index (κ2) is 5.90. The van der Waals surface area contributed by atoms with Crippen LogP contribution in [0.25, 0.3) is 0 Å². The van der Waals surface area contributed by atoms with Crippen LogP contribution in [0.5, 0.6) is 0 Å². The van der Waals surface area contributed by atoms with Gasteiger partial charge in [-0.25, -0.2) is 0 Å². The van der Waals surface area contributed by atoms with Gasteiger partial charge in [-0.1, -0.05) is 19.1 Å². The Balaban J connectivity index is 1.88. The Kier molecular flexibility index (Phi) is 4.23. The van der Waals surface area contributed by atoms with Crippen molar-refractivity contribution in [3.8, 4) is 0 Å². The van der Waals surface area contributed by atoms with Crippen molar-refractivity contribution in [2.24, 2.45) is 0 Å². The van der Waals surface area contributed by atoms with Crippen LogP contribution in [0, 0.1) is 0 Å². The van der Waals surface area contributed by atoms with E-state index < -0.39 is 0 Å². The van der Waals surface area contributed by atoms with Crippen molar-refractivity contribution in [1.82, 2.24) is 5.32 Å². The first-order chi connectivity index (χ1) is 7.90. The fraction of sp³-hybridized carbons (Fsp3) is 0.571. The molecule has 2 heteroatoms. The number of hydrogen-bond acceptors (Lipinski definition) is 2. The van der Waals surface area contributed by atoms with Crippen LogP contribution in [0.2, 0.25) is 0 Å². The SMILES string of the molecule is CCCNCc1ccc(N2CCCC2)cc1. The Morgan fingerprint density at radius 2 is 1.81 bits per heavy atom. The monoisotopic (exact) mass is 218 g/mol. The molecular weight excluding hydrogens is 196 g/mol. The standard InChI is InChI=1S/C14H22N2/c1-2-9-15-12-13-5-7-14(8-6-13)16-10-3-4-11-16/h5-8,15H,2-4,9-12H2,1H3. The van der Waals surface area contributed by atoms with Gasteiger partial charge in [0.05, 0.1) is 0 Å². The Morgan fingerprint density at radius 3 is 2.44 bits per heavy atom. The Morgan fingerprint density at radius 1 is 1.12 bits per heavy atom. The number of rotatable bonds is 5. The zero-order valence-electron chi connectivity index (χ0n) is 10.2. The summed E-state index contributed by atoms with van der Waals surface area (Å²) in [4.78, 5) is 2.48. The molecule has 0 aromatic heterocycles. The molecule has 1 aromatic carbocycles. The first-order valence-corrected chi connectivity index (χ1v) is 6.45. The van der Waals surface area contributed by atoms with Gasteiger partial charge in [-0.2, -0.15) is 0 Å². The number of nitrogens with zero attached hydrogens (tertiary/aromatic N) is 1. The number of hydrogen-bond donors (Lipinski definition) is 1. The molecule has 1 fully saturated rings. The molecule has 2 nitrogen and oxygen atoms in total. The van der Waals surface area contributed by atoms with E-state index in [1.165, 1.54) is 43.6 Å². The highest BCUT2D eigenvalue weighted by molar-refractivity contribution is 5.48. The molecule has 0 amide bonds. The van der Waals surface area contributed by atoms with Gasteiger partial charge in [0.1, 0.15) is 0 Å². The van der Waals surface area contributed by atoms with E-state index in [4.69, 9.17) is 0 Å². The third-order valence-electron chi connectivity index (χ3n) is 3.16. The third-order valence-corrected chi connectivity index (χ3v) is 3.16. The third kappa shape index (κ3) is 2.99. The summed E-state index contributed by atoms with van der Waals surface area (Å²) < 4.78 is 0. The maximum atomic E-state index is 3.43. The van der Waals surface area contributed by atoms with E-state index in [9.17, 15) is 0 Å². The van der Waals surface area contributed by atoms with E-state index in [0.29, 0.717) is 0 Å². The minimum absolute atomic E-state index is 0.994. The van der Waals surface area contributed by atoms with Gasteiger partial charge in [-0.05, 0) is 43.5 Å². The molecule has 0 atom stereocenters. The maximum absolute atomic E-state index is 3.43. The van der Waals surface area contributed by atoms with Crippen molar-refractivity contribution >= 4 is 5.69 Å². The number of anilines is 1. The summed E-state index contributed by atoms with van der Waals surface area (Å²) in [5, 5.41) is 3.43. The molecule has 2 rings (SSSR count). The summed E-state index contributed by atoms with van der Waals surface area (Å²) in [5.74, 6) is 0. The lowest BCUT2D eigenvalue weighted by Gasteiger charge is -2.17. The summed E-state index contributed by atoms with van der Waals surface area (Å²) >= 11 is 0. The molecule has 0 aliphatic carbocycles. The smallest absolute Gasteiger partial charge is 0.0366 e. The summed E-state index contributed by atoms with van der Waals surface area (Å²) in [6.07, 6.45) is 3.89. The molecular formula is C14H22N2. The van der Waals surface area contributed by atoms with Crippen LogP contribution in [0.4, 0.5) is 5.69 Å². The van der Waals surface area contributed by atoms with Gasteiger partial charge in [-0.15, -0.1) is 0 Å².